The maximum absolute atomic E-state index is 5.42. The largest absolute Gasteiger partial charge is 0.496 e. The number of rotatable bonds is 5. The van der Waals surface area contributed by atoms with Crippen LogP contribution in [0.5, 0.6) is 5.75 Å². The number of aromatic nitrogens is 2. The smallest absolute Gasteiger partial charge is 0.124 e. The number of hydrogen-bond acceptors (Lipinski definition) is 3. The van der Waals surface area contributed by atoms with E-state index < -0.39 is 0 Å². The minimum Gasteiger partial charge on any atom is -0.496 e. The van der Waals surface area contributed by atoms with E-state index in [1.807, 2.05) is 23.1 Å². The first-order valence-corrected chi connectivity index (χ1v) is 6.57. The summed E-state index contributed by atoms with van der Waals surface area (Å²) in [6.45, 7) is 7.17. The van der Waals surface area contributed by atoms with Gasteiger partial charge in [0.1, 0.15) is 5.75 Å². The lowest BCUT2D eigenvalue weighted by Crippen LogP contribution is -2.08. The fourth-order valence-electron chi connectivity index (χ4n) is 2.13. The molecule has 1 aromatic carbocycles. The van der Waals surface area contributed by atoms with Crippen LogP contribution in [0.25, 0.3) is 0 Å². The van der Waals surface area contributed by atoms with Crippen molar-refractivity contribution < 1.29 is 4.74 Å². The van der Waals surface area contributed by atoms with Gasteiger partial charge in [-0.15, -0.1) is 0 Å². The Labute approximate surface area is 114 Å². The molecule has 0 aliphatic carbocycles. The normalized spacial score (nSPS) is 12.2. The van der Waals surface area contributed by atoms with E-state index in [0.717, 1.165) is 23.5 Å². The highest BCUT2D eigenvalue weighted by atomic mass is 16.5. The zero-order chi connectivity index (χ0) is 13.8. The van der Waals surface area contributed by atoms with E-state index in [4.69, 9.17) is 4.74 Å². The molecule has 0 aliphatic rings. The third kappa shape index (κ3) is 3.08. The van der Waals surface area contributed by atoms with Gasteiger partial charge in [-0.2, -0.15) is 5.10 Å². The van der Waals surface area contributed by atoms with Crippen molar-refractivity contribution in [2.75, 3.05) is 12.4 Å². The van der Waals surface area contributed by atoms with Gasteiger partial charge in [0.25, 0.3) is 0 Å². The Morgan fingerprint density at radius 2 is 2.21 bits per heavy atom. The predicted molar refractivity (Wildman–Crippen MR) is 77.7 cm³/mol. The molecule has 1 aromatic heterocycles. The van der Waals surface area contributed by atoms with Crippen molar-refractivity contribution in [1.29, 1.82) is 0 Å². The van der Waals surface area contributed by atoms with Gasteiger partial charge in [-0.1, -0.05) is 17.7 Å². The van der Waals surface area contributed by atoms with Gasteiger partial charge in [0.2, 0.25) is 0 Å². The van der Waals surface area contributed by atoms with E-state index in [1.54, 1.807) is 7.11 Å². The second-order valence-electron chi connectivity index (χ2n) is 4.70. The molecule has 0 fully saturated rings. The monoisotopic (exact) mass is 259 g/mol. The minimum absolute atomic E-state index is 0.171. The Morgan fingerprint density at radius 3 is 2.84 bits per heavy atom. The lowest BCUT2D eigenvalue weighted by molar-refractivity contribution is 0.408. The summed E-state index contributed by atoms with van der Waals surface area (Å²) >= 11 is 0. The zero-order valence-corrected chi connectivity index (χ0v) is 12.0. The van der Waals surface area contributed by atoms with Crippen molar-refractivity contribution >= 4 is 5.69 Å². The van der Waals surface area contributed by atoms with Crippen LogP contribution in [0.3, 0.4) is 0 Å². The molecule has 1 atom stereocenters. The molecular weight excluding hydrogens is 238 g/mol. The Balaban J connectivity index is 2.19. The molecule has 2 aromatic rings. The molecule has 0 radical (unpaired) electrons. The number of anilines is 1. The molecule has 19 heavy (non-hydrogen) atoms. The Bertz CT molecular complexity index is 548. The SMILES string of the molecule is CCn1cc(NC(C)c2cc(C)ccc2OC)cn1. The molecular formula is C15H21N3O. The highest BCUT2D eigenvalue weighted by Crippen LogP contribution is 2.28. The topological polar surface area (TPSA) is 39.1 Å². The summed E-state index contributed by atoms with van der Waals surface area (Å²) in [4.78, 5) is 0. The van der Waals surface area contributed by atoms with Crippen LogP contribution in [0.1, 0.15) is 31.0 Å². The number of methoxy groups -OCH3 is 1. The minimum atomic E-state index is 0.171. The molecule has 0 bridgehead atoms. The molecule has 0 aliphatic heterocycles. The van der Waals surface area contributed by atoms with Crippen molar-refractivity contribution in [1.82, 2.24) is 9.78 Å². The van der Waals surface area contributed by atoms with Gasteiger partial charge in [0, 0.05) is 18.3 Å². The van der Waals surface area contributed by atoms with E-state index >= 15 is 0 Å². The Kier molecular flexibility index (Phi) is 4.10. The number of nitrogens with one attached hydrogen (secondary N) is 1. The Hall–Kier alpha value is -1.97. The highest BCUT2D eigenvalue weighted by Gasteiger charge is 2.12. The van der Waals surface area contributed by atoms with Crippen LogP contribution in [-0.2, 0) is 6.54 Å². The quantitative estimate of drug-likeness (QED) is 0.894. The maximum atomic E-state index is 5.42. The number of ether oxygens (including phenoxy) is 1. The van der Waals surface area contributed by atoms with Gasteiger partial charge in [0.05, 0.1) is 25.0 Å². The van der Waals surface area contributed by atoms with Gasteiger partial charge < -0.3 is 10.1 Å². The Morgan fingerprint density at radius 1 is 1.42 bits per heavy atom. The van der Waals surface area contributed by atoms with E-state index in [9.17, 15) is 0 Å². The van der Waals surface area contributed by atoms with Gasteiger partial charge in [0.15, 0.2) is 0 Å². The van der Waals surface area contributed by atoms with Crippen LogP contribution in [0.15, 0.2) is 30.6 Å². The molecule has 1 unspecified atom stereocenters. The third-order valence-electron chi connectivity index (χ3n) is 3.19. The van der Waals surface area contributed by atoms with Gasteiger partial charge in [-0.05, 0) is 26.8 Å². The maximum Gasteiger partial charge on any atom is 0.124 e. The van der Waals surface area contributed by atoms with Gasteiger partial charge in [-0.25, -0.2) is 0 Å². The lowest BCUT2D eigenvalue weighted by Gasteiger charge is -2.18. The lowest BCUT2D eigenvalue weighted by atomic mass is 10.0. The summed E-state index contributed by atoms with van der Waals surface area (Å²) < 4.78 is 7.33. The number of hydrogen-bond donors (Lipinski definition) is 1. The van der Waals surface area contributed by atoms with Crippen LogP contribution in [0.2, 0.25) is 0 Å². The van der Waals surface area contributed by atoms with Crippen LogP contribution in [-0.4, -0.2) is 16.9 Å². The van der Waals surface area contributed by atoms with E-state index in [-0.39, 0.29) is 6.04 Å². The molecule has 1 heterocycles. The summed E-state index contributed by atoms with van der Waals surface area (Å²) in [6, 6.07) is 6.40. The number of nitrogens with zero attached hydrogens (tertiary/aromatic N) is 2. The van der Waals surface area contributed by atoms with Crippen molar-refractivity contribution in [3.63, 3.8) is 0 Å². The molecule has 0 saturated carbocycles. The average molecular weight is 259 g/mol. The van der Waals surface area contributed by atoms with E-state index in [2.05, 4.69) is 43.3 Å². The van der Waals surface area contributed by atoms with Crippen molar-refractivity contribution in [2.24, 2.45) is 0 Å². The van der Waals surface area contributed by atoms with Crippen LogP contribution < -0.4 is 10.1 Å². The van der Waals surface area contributed by atoms with Crippen molar-refractivity contribution in [2.45, 2.75) is 33.4 Å². The second kappa shape index (κ2) is 5.78. The summed E-state index contributed by atoms with van der Waals surface area (Å²) in [5.74, 6) is 0.911. The van der Waals surface area contributed by atoms with Crippen LogP contribution in [0.4, 0.5) is 5.69 Å². The first-order chi connectivity index (χ1) is 9.13. The first-order valence-electron chi connectivity index (χ1n) is 6.57. The number of aryl methyl sites for hydroxylation is 2. The van der Waals surface area contributed by atoms with Gasteiger partial charge in [-0.3, -0.25) is 4.68 Å². The summed E-state index contributed by atoms with van der Waals surface area (Å²) in [6.07, 6.45) is 3.86. The van der Waals surface area contributed by atoms with E-state index in [0.29, 0.717) is 0 Å². The summed E-state index contributed by atoms with van der Waals surface area (Å²) in [5.41, 5.74) is 3.42. The molecule has 0 spiro atoms. The fraction of sp³-hybridized carbons (Fsp3) is 0.400. The van der Waals surface area contributed by atoms with Crippen molar-refractivity contribution in [3.8, 4) is 5.75 Å². The van der Waals surface area contributed by atoms with Crippen LogP contribution >= 0.6 is 0 Å². The second-order valence-corrected chi connectivity index (χ2v) is 4.70. The summed E-state index contributed by atoms with van der Waals surface area (Å²) in [7, 11) is 1.70. The molecule has 0 saturated heterocycles. The molecule has 2 rings (SSSR count). The van der Waals surface area contributed by atoms with Gasteiger partial charge >= 0.3 is 0 Å². The summed E-state index contributed by atoms with van der Waals surface area (Å²) in [5, 5.41) is 7.72. The standard InChI is InChI=1S/C15H21N3O/c1-5-18-10-13(9-16-18)17-12(3)14-8-11(2)6-7-15(14)19-4/h6-10,12,17H,5H2,1-4H3. The zero-order valence-electron chi connectivity index (χ0n) is 12.0. The van der Waals surface area contributed by atoms with Crippen molar-refractivity contribution in [3.05, 3.63) is 41.7 Å². The average Bonchev–Trinajstić information content (AvgIpc) is 2.86. The van der Waals surface area contributed by atoms with E-state index in [1.165, 1.54) is 5.56 Å². The fourth-order valence-corrected chi connectivity index (χ4v) is 2.13. The predicted octanol–water partition coefficient (Wildman–Crippen LogP) is 3.39. The highest BCUT2D eigenvalue weighted by molar-refractivity contribution is 5.46. The molecule has 4 nitrogen and oxygen atoms in total. The molecule has 1 N–H and O–H groups in total. The first kappa shape index (κ1) is 13.5. The van der Waals surface area contributed by atoms with Crippen LogP contribution in [0, 0.1) is 6.92 Å². The number of benzene rings is 1. The molecule has 0 amide bonds. The molecule has 102 valence electrons. The molecule has 4 heteroatoms. The third-order valence-corrected chi connectivity index (χ3v) is 3.19.